The Hall–Kier alpha value is -0.589. The Balaban J connectivity index is 2.34. The van der Waals surface area contributed by atoms with Crippen LogP contribution in [0.1, 0.15) is 120 Å². The fourth-order valence-corrected chi connectivity index (χ4v) is 10.0. The van der Waals surface area contributed by atoms with E-state index in [-0.39, 0.29) is 51.6 Å². The Bertz CT molecular complexity index is 1130. The van der Waals surface area contributed by atoms with Crippen LogP contribution in [0.3, 0.4) is 0 Å². The van der Waals surface area contributed by atoms with E-state index in [1.807, 2.05) is 6.07 Å². The highest BCUT2D eigenvalue weighted by Gasteiger charge is 2.45. The first-order chi connectivity index (χ1) is 22.8. The lowest BCUT2D eigenvalue weighted by Crippen LogP contribution is -2.50. The molecule has 1 heterocycles. The minimum Gasteiger partial charge on any atom is -0.414 e. The van der Waals surface area contributed by atoms with Crippen LogP contribution in [-0.2, 0) is 29.4 Å². The molecule has 1 fully saturated rings. The molecule has 0 N–H and O–H groups in total. The molecular weight excluding hydrogens is 669 g/mol. The number of benzene rings is 1. The molecule has 5 nitrogen and oxygen atoms in total. The lowest BCUT2D eigenvalue weighted by molar-refractivity contribution is -0.0817. The van der Waals surface area contributed by atoms with Gasteiger partial charge >= 0.3 is 0 Å². The lowest BCUT2D eigenvalue weighted by Gasteiger charge is -2.45. The zero-order valence-electron chi connectivity index (χ0n) is 35.5. The molecule has 0 bridgehead atoms. The van der Waals surface area contributed by atoms with E-state index in [0.29, 0.717) is 6.61 Å². The van der Waals surface area contributed by atoms with Gasteiger partial charge in [-0.1, -0.05) is 106 Å². The van der Waals surface area contributed by atoms with Gasteiger partial charge in [-0.15, -0.1) is 6.58 Å². The van der Waals surface area contributed by atoms with Gasteiger partial charge in [0.05, 0.1) is 24.9 Å². The summed E-state index contributed by atoms with van der Waals surface area (Å²) in [5, 5.41) is 0.332. The molecule has 50 heavy (non-hydrogen) atoms. The predicted octanol–water partition coefficient (Wildman–Crippen LogP) is 12.7. The van der Waals surface area contributed by atoms with E-state index < -0.39 is 25.0 Å². The average molecular weight is 749 g/mol. The molecule has 0 aliphatic carbocycles. The van der Waals surface area contributed by atoms with Crippen LogP contribution in [0.2, 0.25) is 54.4 Å². The Morgan fingerprint density at radius 1 is 0.740 bits per heavy atom. The summed E-state index contributed by atoms with van der Waals surface area (Å²) in [6.45, 7) is 43.2. The van der Waals surface area contributed by atoms with Crippen molar-refractivity contribution in [3.8, 4) is 0 Å². The summed E-state index contributed by atoms with van der Waals surface area (Å²) in [5.74, 6) is 0.223. The largest absolute Gasteiger partial charge is 0.414 e. The molecule has 290 valence electrons. The number of rotatable bonds is 19. The summed E-state index contributed by atoms with van der Waals surface area (Å²) in [6, 6.07) is 10.4. The van der Waals surface area contributed by atoms with Crippen molar-refractivity contribution in [2.24, 2.45) is 5.92 Å². The first kappa shape index (κ1) is 45.6. The van der Waals surface area contributed by atoms with Crippen molar-refractivity contribution < 1.29 is 22.8 Å². The summed E-state index contributed by atoms with van der Waals surface area (Å²) in [6.07, 6.45) is 9.49. The normalized spacial score (nSPS) is 21.0. The molecular formula is C42H80O5Si3. The number of hydrogen-bond donors (Lipinski definition) is 0. The highest BCUT2D eigenvalue weighted by atomic mass is 28.4. The summed E-state index contributed by atoms with van der Waals surface area (Å²) >= 11 is 0. The third kappa shape index (κ3) is 14.3. The second-order valence-electron chi connectivity index (χ2n) is 19.9. The average Bonchev–Trinajstić information content (AvgIpc) is 2.97. The maximum atomic E-state index is 7.39. The van der Waals surface area contributed by atoms with Gasteiger partial charge in [0.15, 0.2) is 25.0 Å². The van der Waals surface area contributed by atoms with Gasteiger partial charge in [-0.3, -0.25) is 0 Å². The third-order valence-corrected chi connectivity index (χ3v) is 26.0. The van der Waals surface area contributed by atoms with Gasteiger partial charge < -0.3 is 22.8 Å². The molecule has 2 rings (SSSR count). The fraction of sp³-hybridized carbons (Fsp3) is 0.810. The van der Waals surface area contributed by atoms with E-state index >= 15 is 0 Å². The van der Waals surface area contributed by atoms with Gasteiger partial charge in [-0.05, 0) is 111 Å². The van der Waals surface area contributed by atoms with Crippen LogP contribution in [-0.4, -0.2) is 62.1 Å². The van der Waals surface area contributed by atoms with Crippen molar-refractivity contribution in [1.29, 1.82) is 0 Å². The molecule has 6 atom stereocenters. The van der Waals surface area contributed by atoms with Gasteiger partial charge in [0.2, 0.25) is 0 Å². The smallest absolute Gasteiger partial charge is 0.192 e. The molecule has 0 radical (unpaired) electrons. The van der Waals surface area contributed by atoms with E-state index in [1.54, 1.807) is 0 Å². The molecule has 1 saturated heterocycles. The van der Waals surface area contributed by atoms with Gasteiger partial charge in [-0.25, -0.2) is 0 Å². The highest BCUT2D eigenvalue weighted by Crippen LogP contribution is 2.43. The zero-order valence-corrected chi connectivity index (χ0v) is 38.5. The Morgan fingerprint density at radius 3 is 1.76 bits per heavy atom. The monoisotopic (exact) mass is 749 g/mol. The first-order valence-electron chi connectivity index (χ1n) is 19.7. The summed E-state index contributed by atoms with van der Waals surface area (Å²) in [5.41, 5.74) is 1.22. The predicted molar refractivity (Wildman–Crippen MR) is 223 cm³/mol. The van der Waals surface area contributed by atoms with Gasteiger partial charge in [0.1, 0.15) is 0 Å². The molecule has 0 saturated carbocycles. The highest BCUT2D eigenvalue weighted by molar-refractivity contribution is 6.75. The quantitative estimate of drug-likeness (QED) is 0.0801. The van der Waals surface area contributed by atoms with Crippen molar-refractivity contribution >= 4 is 25.0 Å². The second kappa shape index (κ2) is 18.6. The second-order valence-corrected chi connectivity index (χ2v) is 34.1. The van der Waals surface area contributed by atoms with E-state index in [4.69, 9.17) is 22.8 Å². The van der Waals surface area contributed by atoms with Crippen molar-refractivity contribution in [2.45, 2.75) is 206 Å². The van der Waals surface area contributed by atoms with E-state index in [9.17, 15) is 0 Å². The molecule has 0 aromatic heterocycles. The van der Waals surface area contributed by atoms with Gasteiger partial charge in [0.25, 0.3) is 0 Å². The van der Waals surface area contributed by atoms with Gasteiger partial charge in [0, 0.05) is 18.8 Å². The zero-order chi connectivity index (χ0) is 38.2. The van der Waals surface area contributed by atoms with Crippen LogP contribution >= 0.6 is 0 Å². The Kier molecular flexibility index (Phi) is 17.0. The third-order valence-electron chi connectivity index (χ3n) is 12.4. The number of hydrogen-bond acceptors (Lipinski definition) is 5. The van der Waals surface area contributed by atoms with E-state index in [2.05, 4.69) is 145 Å². The van der Waals surface area contributed by atoms with Crippen molar-refractivity contribution in [1.82, 2.24) is 0 Å². The fourth-order valence-electron chi connectivity index (χ4n) is 5.84. The molecule has 1 aromatic carbocycles. The van der Waals surface area contributed by atoms with Crippen molar-refractivity contribution in [2.75, 3.05) is 6.61 Å². The van der Waals surface area contributed by atoms with E-state index in [0.717, 1.165) is 45.1 Å². The molecule has 1 aliphatic rings. The van der Waals surface area contributed by atoms with Crippen LogP contribution in [0.25, 0.3) is 0 Å². The Morgan fingerprint density at radius 2 is 1.24 bits per heavy atom. The standard InChI is InChI=1S/C42H80O5Si3/c1-18-33(2)39(47-50(16,17)42(9,10)11)31-38(46-49(14,15)41(6,7)8)30-37(45-48(12,13)40(3,4)5)29-36-26-22-25-35(44-36)27-28-43-32-34-23-20-19-21-24-34/h18-21,23-24,33,35-39H,1,22,25-32H2,2-17H3/t33-,35+,36-,37+,38-,39+/m0/s1. The van der Waals surface area contributed by atoms with Crippen LogP contribution in [0.5, 0.6) is 0 Å². The summed E-state index contributed by atoms with van der Waals surface area (Å²) in [4.78, 5) is 0. The SMILES string of the molecule is C=C[C@H](C)[C@@H](C[C@H](C[C@@H](C[C@@H]1CCC[C@H](CCOCc2ccccc2)O1)O[Si](C)(C)C(C)(C)C)O[Si](C)(C)C(C)(C)C)O[Si](C)(C)C(C)(C)C. The molecule has 8 heteroatoms. The Labute approximate surface area is 313 Å². The van der Waals surface area contributed by atoms with Crippen LogP contribution in [0.4, 0.5) is 0 Å². The van der Waals surface area contributed by atoms with Crippen LogP contribution < -0.4 is 0 Å². The molecule has 0 unspecified atom stereocenters. The minimum atomic E-state index is -2.10. The summed E-state index contributed by atoms with van der Waals surface area (Å²) < 4.78 is 34.8. The van der Waals surface area contributed by atoms with E-state index in [1.165, 1.54) is 12.0 Å². The van der Waals surface area contributed by atoms with Crippen LogP contribution in [0, 0.1) is 5.92 Å². The lowest BCUT2D eigenvalue weighted by atomic mass is 9.93. The number of ether oxygens (including phenoxy) is 2. The molecule has 1 aliphatic heterocycles. The maximum absolute atomic E-state index is 7.39. The maximum Gasteiger partial charge on any atom is 0.192 e. The molecule has 0 amide bonds. The first-order valence-corrected chi connectivity index (χ1v) is 28.4. The minimum absolute atomic E-state index is 0.0219. The van der Waals surface area contributed by atoms with Crippen LogP contribution in [0.15, 0.2) is 43.0 Å². The summed E-state index contributed by atoms with van der Waals surface area (Å²) in [7, 11) is -6.22. The van der Waals surface area contributed by atoms with Crippen molar-refractivity contribution in [3.05, 3.63) is 48.6 Å². The van der Waals surface area contributed by atoms with Crippen molar-refractivity contribution in [3.63, 3.8) is 0 Å². The van der Waals surface area contributed by atoms with Gasteiger partial charge in [-0.2, -0.15) is 0 Å². The molecule has 0 spiro atoms. The topological polar surface area (TPSA) is 46.2 Å². The molecule has 1 aromatic rings.